The second-order valence-corrected chi connectivity index (χ2v) is 2.43. The van der Waals surface area contributed by atoms with Gasteiger partial charge in [-0.15, -0.1) is 12.4 Å². The Morgan fingerprint density at radius 2 is 2.08 bits per heavy atom. The van der Waals surface area contributed by atoms with E-state index in [9.17, 15) is 0 Å². The molecule has 2 rings (SSSR count). The van der Waals surface area contributed by atoms with E-state index in [-0.39, 0.29) is 12.4 Å². The monoisotopic (exact) mass is 201 g/mol. The van der Waals surface area contributed by atoms with Crippen LogP contribution in [0.5, 0.6) is 0 Å². The van der Waals surface area contributed by atoms with Crippen LogP contribution in [0.1, 0.15) is 0 Å². The van der Waals surface area contributed by atoms with E-state index in [4.69, 9.17) is 11.6 Å². The van der Waals surface area contributed by atoms with Crippen molar-refractivity contribution in [3.05, 3.63) is 29.7 Å². The number of pyridine rings is 1. The van der Waals surface area contributed by atoms with Crippen molar-refractivity contribution in [3.8, 4) is 0 Å². The maximum Gasteiger partial charge on any atom is 0.179 e. The second-order valence-electron chi connectivity index (χ2n) is 2.04. The van der Waals surface area contributed by atoms with E-state index < -0.39 is 0 Å². The first kappa shape index (κ1) is 9.16. The number of nitrogens with zero attached hydrogens (tertiary/aromatic N) is 3. The minimum Gasteiger partial charge on any atom is -0.250 e. The molecule has 62 valence electrons. The molecule has 0 spiro atoms. The van der Waals surface area contributed by atoms with Crippen LogP contribution in [0.15, 0.2) is 24.5 Å². The summed E-state index contributed by atoms with van der Waals surface area (Å²) in [6.07, 6.45) is 3.17. The Bertz CT molecular complexity index is 391. The van der Waals surface area contributed by atoms with E-state index in [1.54, 1.807) is 6.20 Å². The van der Waals surface area contributed by atoms with Gasteiger partial charge in [-0.3, -0.25) is 0 Å². The third-order valence-electron chi connectivity index (χ3n) is 1.29. The summed E-state index contributed by atoms with van der Waals surface area (Å²) in [7, 11) is 0. The Morgan fingerprint density at radius 1 is 1.25 bits per heavy atom. The van der Waals surface area contributed by atoms with Gasteiger partial charge in [0, 0.05) is 6.20 Å². The summed E-state index contributed by atoms with van der Waals surface area (Å²) in [5.74, 6) is 0. The van der Waals surface area contributed by atoms with Gasteiger partial charge in [-0.25, -0.2) is 15.0 Å². The van der Waals surface area contributed by atoms with Crippen LogP contribution in [0, 0.1) is 0 Å². The van der Waals surface area contributed by atoms with Gasteiger partial charge in [-0.1, -0.05) is 11.6 Å². The summed E-state index contributed by atoms with van der Waals surface area (Å²) < 4.78 is 0. The lowest BCUT2D eigenvalue weighted by Crippen LogP contribution is -1.85. The maximum atomic E-state index is 5.61. The van der Waals surface area contributed by atoms with Gasteiger partial charge in [0.2, 0.25) is 0 Å². The van der Waals surface area contributed by atoms with Gasteiger partial charge in [-0.2, -0.15) is 0 Å². The predicted molar refractivity (Wildman–Crippen MR) is 49.6 cm³/mol. The Morgan fingerprint density at radius 3 is 2.92 bits per heavy atom. The van der Waals surface area contributed by atoms with Crippen molar-refractivity contribution in [2.24, 2.45) is 0 Å². The standard InChI is InChI=1S/C7H4ClN3.ClH/c8-6-4-10-5-2-1-3-9-7(5)11-6;/h1-4H;1H. The zero-order chi connectivity index (χ0) is 7.68. The average molecular weight is 202 g/mol. The third-order valence-corrected chi connectivity index (χ3v) is 1.47. The molecule has 2 heterocycles. The molecular weight excluding hydrogens is 197 g/mol. The first-order valence-electron chi connectivity index (χ1n) is 3.09. The number of halogens is 2. The summed E-state index contributed by atoms with van der Waals surface area (Å²) in [6.45, 7) is 0. The summed E-state index contributed by atoms with van der Waals surface area (Å²) in [6, 6.07) is 3.65. The Balaban J connectivity index is 0.000000720. The molecule has 0 aliphatic carbocycles. The molecule has 0 saturated heterocycles. The maximum absolute atomic E-state index is 5.61. The predicted octanol–water partition coefficient (Wildman–Crippen LogP) is 2.10. The van der Waals surface area contributed by atoms with E-state index in [0.29, 0.717) is 10.8 Å². The molecule has 0 N–H and O–H groups in total. The molecular formula is C7H5Cl2N3. The fourth-order valence-corrected chi connectivity index (χ4v) is 0.957. The highest BCUT2D eigenvalue weighted by molar-refractivity contribution is 6.29. The lowest BCUT2D eigenvalue weighted by molar-refractivity contribution is 1.22. The van der Waals surface area contributed by atoms with Crippen LogP contribution in [0.2, 0.25) is 5.15 Å². The molecule has 0 aromatic carbocycles. The van der Waals surface area contributed by atoms with Crippen molar-refractivity contribution in [2.45, 2.75) is 0 Å². The van der Waals surface area contributed by atoms with Crippen LogP contribution in [-0.2, 0) is 0 Å². The van der Waals surface area contributed by atoms with E-state index in [0.717, 1.165) is 5.52 Å². The van der Waals surface area contributed by atoms with Crippen LogP contribution in [-0.4, -0.2) is 15.0 Å². The van der Waals surface area contributed by atoms with Gasteiger partial charge in [0.25, 0.3) is 0 Å². The van der Waals surface area contributed by atoms with Crippen LogP contribution in [0.4, 0.5) is 0 Å². The lowest BCUT2D eigenvalue weighted by Gasteiger charge is -1.92. The van der Waals surface area contributed by atoms with Crippen molar-refractivity contribution in [2.75, 3.05) is 0 Å². The van der Waals surface area contributed by atoms with E-state index in [1.165, 1.54) is 6.20 Å². The second kappa shape index (κ2) is 3.65. The lowest BCUT2D eigenvalue weighted by atomic mass is 10.4. The zero-order valence-electron chi connectivity index (χ0n) is 5.94. The van der Waals surface area contributed by atoms with E-state index in [2.05, 4.69) is 15.0 Å². The quantitative estimate of drug-likeness (QED) is 0.656. The highest BCUT2D eigenvalue weighted by Gasteiger charge is 1.95. The Kier molecular flexibility index (Phi) is 2.78. The molecule has 0 saturated carbocycles. The summed E-state index contributed by atoms with van der Waals surface area (Å²) >= 11 is 5.61. The Hall–Kier alpha value is -0.930. The number of hydrogen-bond acceptors (Lipinski definition) is 3. The van der Waals surface area contributed by atoms with Gasteiger partial charge in [-0.05, 0) is 12.1 Å². The van der Waals surface area contributed by atoms with Crippen molar-refractivity contribution in [1.29, 1.82) is 0 Å². The minimum absolute atomic E-state index is 0. The molecule has 3 nitrogen and oxygen atoms in total. The van der Waals surface area contributed by atoms with Crippen molar-refractivity contribution >= 4 is 35.2 Å². The van der Waals surface area contributed by atoms with Crippen molar-refractivity contribution in [3.63, 3.8) is 0 Å². The van der Waals surface area contributed by atoms with Gasteiger partial charge in [0.15, 0.2) is 5.65 Å². The van der Waals surface area contributed by atoms with Crippen LogP contribution >= 0.6 is 24.0 Å². The summed E-state index contributed by atoms with van der Waals surface area (Å²) in [5.41, 5.74) is 1.34. The van der Waals surface area contributed by atoms with Crippen LogP contribution in [0.25, 0.3) is 11.2 Å². The third kappa shape index (κ3) is 1.62. The van der Waals surface area contributed by atoms with Crippen molar-refractivity contribution < 1.29 is 0 Å². The minimum atomic E-state index is 0. The first-order chi connectivity index (χ1) is 5.36. The van der Waals surface area contributed by atoms with Crippen LogP contribution < -0.4 is 0 Å². The Labute approximate surface area is 80.2 Å². The molecule has 0 aliphatic rings. The highest BCUT2D eigenvalue weighted by atomic mass is 35.5. The smallest absolute Gasteiger partial charge is 0.179 e. The molecule has 0 aliphatic heterocycles. The number of aromatic nitrogens is 3. The van der Waals surface area contributed by atoms with E-state index in [1.807, 2.05) is 12.1 Å². The van der Waals surface area contributed by atoms with Crippen LogP contribution in [0.3, 0.4) is 0 Å². The summed E-state index contributed by atoms with van der Waals surface area (Å²) in [5, 5.41) is 0.371. The number of hydrogen-bond donors (Lipinski definition) is 0. The first-order valence-corrected chi connectivity index (χ1v) is 3.47. The largest absolute Gasteiger partial charge is 0.250 e. The fraction of sp³-hybridized carbons (Fsp3) is 0. The normalized spacial score (nSPS) is 9.42. The SMILES string of the molecule is Cl.Clc1cnc2cccnc2n1. The highest BCUT2D eigenvalue weighted by Crippen LogP contribution is 2.08. The molecule has 12 heavy (non-hydrogen) atoms. The number of fused-ring (bicyclic) bond motifs is 1. The van der Waals surface area contributed by atoms with Gasteiger partial charge in [0.1, 0.15) is 10.7 Å². The molecule has 5 heteroatoms. The number of rotatable bonds is 0. The van der Waals surface area contributed by atoms with Gasteiger partial charge >= 0.3 is 0 Å². The molecule has 0 bridgehead atoms. The topological polar surface area (TPSA) is 38.7 Å². The van der Waals surface area contributed by atoms with Crippen molar-refractivity contribution in [1.82, 2.24) is 15.0 Å². The molecule has 0 radical (unpaired) electrons. The molecule has 2 aromatic heterocycles. The molecule has 0 fully saturated rings. The molecule has 0 unspecified atom stereocenters. The fourth-order valence-electron chi connectivity index (χ4n) is 0.828. The van der Waals surface area contributed by atoms with Gasteiger partial charge < -0.3 is 0 Å². The zero-order valence-corrected chi connectivity index (χ0v) is 7.51. The average Bonchev–Trinajstić information content (AvgIpc) is 2.04. The van der Waals surface area contributed by atoms with Gasteiger partial charge in [0.05, 0.1) is 6.20 Å². The van der Waals surface area contributed by atoms with E-state index >= 15 is 0 Å². The molecule has 0 atom stereocenters. The summed E-state index contributed by atoms with van der Waals surface area (Å²) in [4.78, 5) is 12.0. The molecule has 2 aromatic rings. The molecule has 0 amide bonds.